The first kappa shape index (κ1) is 13.6. The highest BCUT2D eigenvalue weighted by Crippen LogP contribution is 2.18. The zero-order valence-electron chi connectivity index (χ0n) is 9.04. The van der Waals surface area contributed by atoms with E-state index >= 15 is 0 Å². The van der Waals surface area contributed by atoms with Crippen molar-refractivity contribution in [2.24, 2.45) is 0 Å². The minimum Gasteiger partial charge on any atom is -0.480 e. The van der Waals surface area contributed by atoms with Crippen LogP contribution in [0.2, 0.25) is 0 Å². The summed E-state index contributed by atoms with van der Waals surface area (Å²) in [4.78, 5) is 22.4. The van der Waals surface area contributed by atoms with Gasteiger partial charge in [-0.3, -0.25) is 4.79 Å². The molecule has 1 aromatic carbocycles. The number of carboxylic acid groups (broad SMARTS) is 1. The van der Waals surface area contributed by atoms with Crippen molar-refractivity contribution < 1.29 is 19.1 Å². The van der Waals surface area contributed by atoms with Crippen molar-refractivity contribution in [1.82, 2.24) is 5.32 Å². The second kappa shape index (κ2) is 5.77. The van der Waals surface area contributed by atoms with E-state index in [1.165, 1.54) is 18.2 Å². The molecule has 0 saturated heterocycles. The normalized spacial score (nSPS) is 11.9. The van der Waals surface area contributed by atoms with Gasteiger partial charge in [0, 0.05) is 0 Å². The minimum atomic E-state index is -1.14. The summed E-state index contributed by atoms with van der Waals surface area (Å²) in [5.74, 6) is -2.58. The Morgan fingerprint density at radius 1 is 1.53 bits per heavy atom. The molecular weight excluding hydrogens is 293 g/mol. The van der Waals surface area contributed by atoms with Gasteiger partial charge in [0.05, 0.1) is 10.0 Å². The van der Waals surface area contributed by atoms with Crippen LogP contribution in [-0.4, -0.2) is 23.0 Å². The third kappa shape index (κ3) is 3.26. The van der Waals surface area contributed by atoms with E-state index in [1.807, 2.05) is 0 Å². The Hall–Kier alpha value is -1.43. The summed E-state index contributed by atoms with van der Waals surface area (Å²) in [5, 5.41) is 11.0. The van der Waals surface area contributed by atoms with Gasteiger partial charge in [-0.05, 0) is 34.5 Å². The molecule has 17 heavy (non-hydrogen) atoms. The molecule has 0 radical (unpaired) electrons. The number of carbonyl (C=O) groups is 2. The molecule has 0 fully saturated rings. The summed E-state index contributed by atoms with van der Waals surface area (Å²) < 4.78 is 13.7. The van der Waals surface area contributed by atoms with Crippen molar-refractivity contribution in [1.29, 1.82) is 0 Å². The second-order valence-electron chi connectivity index (χ2n) is 3.37. The van der Waals surface area contributed by atoms with E-state index in [4.69, 9.17) is 5.11 Å². The SMILES string of the molecule is CCC(NC(=O)c1cccc(Br)c1F)C(=O)O. The first-order valence-corrected chi connectivity index (χ1v) is 5.74. The summed E-state index contributed by atoms with van der Waals surface area (Å²) >= 11 is 2.96. The Balaban J connectivity index is 2.90. The predicted molar refractivity (Wildman–Crippen MR) is 63.3 cm³/mol. The maximum atomic E-state index is 13.6. The average Bonchev–Trinajstić information content (AvgIpc) is 2.28. The molecule has 1 rings (SSSR count). The molecule has 0 aliphatic heterocycles. The van der Waals surface area contributed by atoms with Crippen molar-refractivity contribution in [2.75, 3.05) is 0 Å². The van der Waals surface area contributed by atoms with Gasteiger partial charge in [0.2, 0.25) is 0 Å². The van der Waals surface area contributed by atoms with Crippen LogP contribution in [0.3, 0.4) is 0 Å². The van der Waals surface area contributed by atoms with E-state index in [9.17, 15) is 14.0 Å². The summed E-state index contributed by atoms with van der Waals surface area (Å²) in [7, 11) is 0. The lowest BCUT2D eigenvalue weighted by Gasteiger charge is -2.12. The molecule has 0 heterocycles. The molecule has 2 N–H and O–H groups in total. The molecule has 92 valence electrons. The summed E-state index contributed by atoms with van der Waals surface area (Å²) in [6.07, 6.45) is 0.233. The van der Waals surface area contributed by atoms with Gasteiger partial charge in [0.15, 0.2) is 0 Å². The van der Waals surface area contributed by atoms with Gasteiger partial charge in [0.25, 0.3) is 5.91 Å². The highest BCUT2D eigenvalue weighted by atomic mass is 79.9. The third-order valence-electron chi connectivity index (χ3n) is 2.21. The van der Waals surface area contributed by atoms with E-state index in [0.29, 0.717) is 0 Å². The van der Waals surface area contributed by atoms with E-state index in [2.05, 4.69) is 21.2 Å². The predicted octanol–water partition coefficient (Wildman–Crippen LogP) is 2.18. The molecular formula is C11H11BrFNO3. The van der Waals surface area contributed by atoms with E-state index < -0.39 is 23.7 Å². The fourth-order valence-electron chi connectivity index (χ4n) is 1.25. The van der Waals surface area contributed by atoms with Crippen LogP contribution in [0.15, 0.2) is 22.7 Å². The molecule has 0 aliphatic rings. The highest BCUT2D eigenvalue weighted by Gasteiger charge is 2.21. The van der Waals surface area contributed by atoms with Gasteiger partial charge in [-0.1, -0.05) is 13.0 Å². The van der Waals surface area contributed by atoms with E-state index in [1.54, 1.807) is 6.92 Å². The number of rotatable bonds is 4. The topological polar surface area (TPSA) is 66.4 Å². The zero-order chi connectivity index (χ0) is 13.0. The standard InChI is InChI=1S/C11H11BrFNO3/c1-2-8(11(16)17)14-10(15)6-4-3-5-7(12)9(6)13/h3-5,8H,2H2,1H3,(H,14,15)(H,16,17). The van der Waals surface area contributed by atoms with Gasteiger partial charge >= 0.3 is 5.97 Å². The molecule has 1 atom stereocenters. The number of carbonyl (C=O) groups excluding carboxylic acids is 1. The molecule has 0 spiro atoms. The monoisotopic (exact) mass is 303 g/mol. The van der Waals surface area contributed by atoms with Crippen LogP contribution in [0.4, 0.5) is 4.39 Å². The maximum absolute atomic E-state index is 13.6. The van der Waals surface area contributed by atoms with Crippen LogP contribution in [-0.2, 0) is 4.79 Å². The smallest absolute Gasteiger partial charge is 0.326 e. The zero-order valence-corrected chi connectivity index (χ0v) is 10.6. The first-order chi connectivity index (χ1) is 7.97. The van der Waals surface area contributed by atoms with Crippen molar-refractivity contribution >= 4 is 27.8 Å². The van der Waals surface area contributed by atoms with Gasteiger partial charge in [0.1, 0.15) is 11.9 Å². The molecule has 1 aromatic rings. The minimum absolute atomic E-state index is 0.161. The van der Waals surface area contributed by atoms with Gasteiger partial charge in [-0.2, -0.15) is 0 Å². The lowest BCUT2D eigenvalue weighted by molar-refractivity contribution is -0.139. The van der Waals surface area contributed by atoms with Crippen molar-refractivity contribution in [2.45, 2.75) is 19.4 Å². The number of amides is 1. The molecule has 4 nitrogen and oxygen atoms in total. The van der Waals surface area contributed by atoms with Crippen molar-refractivity contribution in [3.63, 3.8) is 0 Å². The summed E-state index contributed by atoms with van der Waals surface area (Å²) in [6, 6.07) is 3.25. The largest absolute Gasteiger partial charge is 0.480 e. The molecule has 0 saturated carbocycles. The Morgan fingerprint density at radius 3 is 2.71 bits per heavy atom. The number of halogens is 2. The number of hydrogen-bond donors (Lipinski definition) is 2. The van der Waals surface area contributed by atoms with Crippen LogP contribution in [0.5, 0.6) is 0 Å². The third-order valence-corrected chi connectivity index (χ3v) is 2.82. The molecule has 0 aliphatic carbocycles. The van der Waals surface area contributed by atoms with Gasteiger partial charge in [-0.25, -0.2) is 9.18 Å². The Morgan fingerprint density at radius 2 is 2.18 bits per heavy atom. The van der Waals surface area contributed by atoms with Crippen LogP contribution in [0, 0.1) is 5.82 Å². The fraction of sp³-hybridized carbons (Fsp3) is 0.273. The van der Waals surface area contributed by atoms with E-state index in [-0.39, 0.29) is 16.5 Å². The summed E-state index contributed by atoms with van der Waals surface area (Å²) in [6.45, 7) is 1.62. The Bertz CT molecular complexity index is 450. The number of hydrogen-bond acceptors (Lipinski definition) is 2. The molecule has 0 bridgehead atoms. The van der Waals surface area contributed by atoms with Crippen LogP contribution < -0.4 is 5.32 Å². The van der Waals surface area contributed by atoms with Crippen molar-refractivity contribution in [3.8, 4) is 0 Å². The molecule has 6 heteroatoms. The molecule has 0 aromatic heterocycles. The second-order valence-corrected chi connectivity index (χ2v) is 4.23. The quantitative estimate of drug-likeness (QED) is 0.896. The van der Waals surface area contributed by atoms with Crippen molar-refractivity contribution in [3.05, 3.63) is 34.1 Å². The van der Waals surface area contributed by atoms with E-state index in [0.717, 1.165) is 0 Å². The maximum Gasteiger partial charge on any atom is 0.326 e. The molecule has 1 amide bonds. The lowest BCUT2D eigenvalue weighted by atomic mass is 10.1. The Kier molecular flexibility index (Phi) is 4.62. The van der Waals surface area contributed by atoms with Gasteiger partial charge in [-0.15, -0.1) is 0 Å². The van der Waals surface area contributed by atoms with Crippen LogP contribution in [0.25, 0.3) is 0 Å². The fourth-order valence-corrected chi connectivity index (χ4v) is 1.62. The van der Waals surface area contributed by atoms with Gasteiger partial charge < -0.3 is 10.4 Å². The number of aliphatic carboxylic acids is 1. The average molecular weight is 304 g/mol. The Labute approximate surface area is 106 Å². The van der Waals surface area contributed by atoms with Crippen LogP contribution in [0.1, 0.15) is 23.7 Å². The molecule has 1 unspecified atom stereocenters. The number of benzene rings is 1. The van der Waals surface area contributed by atoms with Crippen LogP contribution >= 0.6 is 15.9 Å². The first-order valence-electron chi connectivity index (χ1n) is 4.95. The number of carboxylic acids is 1. The number of nitrogens with one attached hydrogen (secondary N) is 1. The highest BCUT2D eigenvalue weighted by molar-refractivity contribution is 9.10. The summed E-state index contributed by atoms with van der Waals surface area (Å²) in [5.41, 5.74) is -0.181. The lowest BCUT2D eigenvalue weighted by Crippen LogP contribution is -2.40.